The Morgan fingerprint density at radius 2 is 1.88 bits per heavy atom. The molecule has 0 bridgehead atoms. The van der Waals surface area contributed by atoms with Crippen molar-refractivity contribution in [2.45, 2.75) is 30.7 Å². The van der Waals surface area contributed by atoms with E-state index in [1.165, 1.54) is 0 Å². The first-order valence-corrected chi connectivity index (χ1v) is 4.88. The summed E-state index contributed by atoms with van der Waals surface area (Å²) < 4.78 is 4.92. The highest BCUT2D eigenvalue weighted by Gasteiger charge is 2.44. The van der Waals surface area contributed by atoms with Crippen LogP contribution in [0.15, 0.2) is 0 Å². The van der Waals surface area contributed by atoms with Crippen LogP contribution in [0, 0.1) is 0 Å². The molecule has 0 saturated carbocycles. The number of aliphatic carboxylic acids is 1. The van der Waals surface area contributed by atoms with Gasteiger partial charge in [-0.2, -0.15) is 5.48 Å². The monoisotopic (exact) mass is 253 g/mol. The third-order valence-electron chi connectivity index (χ3n) is 2.27. The van der Waals surface area contributed by atoms with E-state index in [4.69, 9.17) is 14.9 Å². The molecular formula is C8H15NO8. The summed E-state index contributed by atoms with van der Waals surface area (Å²) in [5.41, 5.74) is 2.01. The van der Waals surface area contributed by atoms with Crippen LogP contribution < -0.4 is 5.48 Å². The summed E-state index contributed by atoms with van der Waals surface area (Å²) in [7, 11) is 0. The van der Waals surface area contributed by atoms with Gasteiger partial charge in [0.1, 0.15) is 31.0 Å². The molecule has 0 aromatic carbocycles. The highest BCUT2D eigenvalue weighted by molar-refractivity contribution is 5.68. The number of carboxylic acids is 1. The Kier molecular flexibility index (Phi) is 5.21. The second-order valence-corrected chi connectivity index (χ2v) is 3.53. The van der Waals surface area contributed by atoms with Crippen molar-refractivity contribution in [1.82, 2.24) is 5.48 Å². The van der Waals surface area contributed by atoms with Crippen molar-refractivity contribution in [1.29, 1.82) is 0 Å². The summed E-state index contributed by atoms with van der Waals surface area (Å²) in [5.74, 6) is -1.19. The number of carboxylic acid groups (broad SMARTS) is 1. The number of nitrogens with one attached hydrogen (secondary N) is 1. The van der Waals surface area contributed by atoms with Gasteiger partial charge in [0.2, 0.25) is 6.29 Å². The average Bonchev–Trinajstić information content (AvgIpc) is 2.29. The molecule has 17 heavy (non-hydrogen) atoms. The Labute approximate surface area is 96.2 Å². The van der Waals surface area contributed by atoms with Gasteiger partial charge in [-0.3, -0.25) is 9.63 Å². The molecule has 1 fully saturated rings. The molecule has 0 aromatic rings. The second kappa shape index (κ2) is 6.21. The first-order valence-electron chi connectivity index (χ1n) is 4.88. The normalized spacial score (nSPS) is 38.0. The van der Waals surface area contributed by atoms with Crippen molar-refractivity contribution < 1.29 is 39.9 Å². The maximum Gasteiger partial charge on any atom is 0.319 e. The van der Waals surface area contributed by atoms with Crippen LogP contribution in [0.25, 0.3) is 0 Å². The zero-order valence-corrected chi connectivity index (χ0v) is 8.76. The van der Waals surface area contributed by atoms with E-state index in [0.29, 0.717) is 0 Å². The molecule has 0 aliphatic carbocycles. The minimum atomic E-state index is -1.56. The van der Waals surface area contributed by atoms with Gasteiger partial charge in [0.15, 0.2) is 0 Å². The lowest BCUT2D eigenvalue weighted by Gasteiger charge is -2.39. The fourth-order valence-electron chi connectivity index (χ4n) is 1.35. The number of aliphatic hydroxyl groups excluding tert-OH is 4. The van der Waals surface area contributed by atoms with E-state index >= 15 is 0 Å². The molecule has 9 nitrogen and oxygen atoms in total. The summed E-state index contributed by atoms with van der Waals surface area (Å²) in [4.78, 5) is 14.9. The number of carbonyl (C=O) groups is 1. The van der Waals surface area contributed by atoms with E-state index in [1.54, 1.807) is 0 Å². The first-order chi connectivity index (χ1) is 7.97. The van der Waals surface area contributed by atoms with Crippen molar-refractivity contribution in [2.24, 2.45) is 0 Å². The van der Waals surface area contributed by atoms with Crippen molar-refractivity contribution in [3.8, 4) is 0 Å². The molecule has 1 heterocycles. The second-order valence-electron chi connectivity index (χ2n) is 3.53. The van der Waals surface area contributed by atoms with Crippen molar-refractivity contribution in [3.63, 3.8) is 0 Å². The Bertz CT molecular complexity index is 260. The van der Waals surface area contributed by atoms with Gasteiger partial charge >= 0.3 is 5.97 Å². The highest BCUT2D eigenvalue weighted by atomic mass is 16.8. The summed E-state index contributed by atoms with van der Waals surface area (Å²) >= 11 is 0. The minimum absolute atomic E-state index is 0.533. The smallest absolute Gasteiger partial charge is 0.319 e. The van der Waals surface area contributed by atoms with E-state index in [1.807, 2.05) is 5.48 Å². The Morgan fingerprint density at radius 1 is 1.24 bits per heavy atom. The van der Waals surface area contributed by atoms with Gasteiger partial charge in [-0.15, -0.1) is 0 Å². The van der Waals surface area contributed by atoms with Crippen LogP contribution in [0.5, 0.6) is 0 Å². The molecule has 5 atom stereocenters. The van der Waals surface area contributed by atoms with Gasteiger partial charge < -0.3 is 30.3 Å². The summed E-state index contributed by atoms with van der Waals surface area (Å²) in [5, 5.41) is 45.4. The van der Waals surface area contributed by atoms with Gasteiger partial charge in [-0.1, -0.05) is 0 Å². The Morgan fingerprint density at radius 3 is 2.41 bits per heavy atom. The van der Waals surface area contributed by atoms with E-state index in [2.05, 4.69) is 4.84 Å². The largest absolute Gasteiger partial charge is 0.480 e. The predicted octanol–water partition coefficient (Wildman–Crippen LogP) is -3.61. The Balaban J connectivity index is 2.50. The average molecular weight is 253 g/mol. The number of hydroxylamine groups is 1. The molecule has 6 N–H and O–H groups in total. The van der Waals surface area contributed by atoms with Gasteiger partial charge in [-0.05, 0) is 0 Å². The number of aliphatic hydroxyl groups is 4. The van der Waals surface area contributed by atoms with Crippen LogP contribution in [0.3, 0.4) is 0 Å². The summed E-state index contributed by atoms with van der Waals surface area (Å²) in [6.07, 6.45) is -7.07. The van der Waals surface area contributed by atoms with Crippen LogP contribution in [-0.4, -0.2) is 75.4 Å². The van der Waals surface area contributed by atoms with E-state index in [0.717, 1.165) is 0 Å². The molecule has 1 aliphatic rings. The van der Waals surface area contributed by atoms with Crippen molar-refractivity contribution in [3.05, 3.63) is 0 Å². The maximum atomic E-state index is 10.2. The quantitative estimate of drug-likeness (QED) is 0.273. The van der Waals surface area contributed by atoms with Gasteiger partial charge in [0, 0.05) is 0 Å². The summed E-state index contributed by atoms with van der Waals surface area (Å²) in [6.45, 7) is -1.11. The standard InChI is InChI=1S/C8H15NO8/c10-2-3-5(13)6(14)7(15)8(16-3)17-9-1-4(11)12/h3,5-10,13-15H,1-2H2,(H,11,12)/t3-,5-,6+,7-,8-/m1/s1. The number of hydrogen-bond donors (Lipinski definition) is 6. The topological polar surface area (TPSA) is 149 Å². The molecule has 0 aromatic heterocycles. The molecule has 9 heteroatoms. The fraction of sp³-hybridized carbons (Fsp3) is 0.875. The highest BCUT2D eigenvalue weighted by Crippen LogP contribution is 2.21. The molecule has 100 valence electrons. The van der Waals surface area contributed by atoms with Gasteiger partial charge in [0.25, 0.3) is 0 Å². The Hall–Kier alpha value is -0.810. The molecule has 0 spiro atoms. The molecule has 1 aliphatic heterocycles. The maximum absolute atomic E-state index is 10.2. The number of hydrogen-bond acceptors (Lipinski definition) is 8. The molecule has 1 saturated heterocycles. The van der Waals surface area contributed by atoms with Crippen LogP contribution in [0.2, 0.25) is 0 Å². The lowest BCUT2D eigenvalue weighted by Crippen LogP contribution is -2.60. The zero-order valence-electron chi connectivity index (χ0n) is 8.76. The zero-order chi connectivity index (χ0) is 13.0. The third-order valence-corrected chi connectivity index (χ3v) is 2.27. The molecule has 0 radical (unpaired) electrons. The third kappa shape index (κ3) is 3.57. The van der Waals surface area contributed by atoms with Crippen LogP contribution in [0.1, 0.15) is 0 Å². The van der Waals surface area contributed by atoms with Crippen molar-refractivity contribution in [2.75, 3.05) is 13.2 Å². The first kappa shape index (κ1) is 14.3. The summed E-state index contributed by atoms with van der Waals surface area (Å²) in [6, 6.07) is 0. The minimum Gasteiger partial charge on any atom is -0.480 e. The molecule has 0 unspecified atom stereocenters. The molecule has 0 amide bonds. The molecule has 1 rings (SSSR count). The SMILES string of the molecule is O=C(O)CNO[C@H]1O[C@H](CO)[C@@H](O)[C@H](O)[C@H]1O. The lowest BCUT2D eigenvalue weighted by atomic mass is 9.99. The van der Waals surface area contributed by atoms with E-state index in [9.17, 15) is 20.1 Å². The lowest BCUT2D eigenvalue weighted by molar-refractivity contribution is -0.315. The number of ether oxygens (including phenoxy) is 1. The fourth-order valence-corrected chi connectivity index (χ4v) is 1.35. The van der Waals surface area contributed by atoms with Crippen LogP contribution in [-0.2, 0) is 14.4 Å². The van der Waals surface area contributed by atoms with E-state index in [-0.39, 0.29) is 0 Å². The van der Waals surface area contributed by atoms with Gasteiger partial charge in [0.05, 0.1) is 6.61 Å². The van der Waals surface area contributed by atoms with E-state index < -0.39 is 49.8 Å². The number of rotatable bonds is 5. The van der Waals surface area contributed by atoms with Gasteiger partial charge in [-0.25, -0.2) is 0 Å². The van der Waals surface area contributed by atoms with Crippen LogP contribution in [0.4, 0.5) is 0 Å². The molecular weight excluding hydrogens is 238 g/mol. The van der Waals surface area contributed by atoms with Crippen molar-refractivity contribution >= 4 is 5.97 Å². The van der Waals surface area contributed by atoms with Crippen LogP contribution >= 0.6 is 0 Å². The predicted molar refractivity (Wildman–Crippen MR) is 50.5 cm³/mol.